The molecule has 0 bridgehead atoms. The quantitative estimate of drug-likeness (QED) is 0.826. The standard InChI is InChI=1S/C21H32N2O3/c1-14(2)21(24)22-9-6-7-17(13-22)23-10-8-16-11-19(25-4)20(26-5)12-18(16)15(23)3/h11-12,14-15,17H,6-10,13H2,1-5H3/t15-,17-/m1/s1. The lowest BCUT2D eigenvalue weighted by Crippen LogP contribution is -2.52. The van der Waals surface area contributed by atoms with Crippen LogP contribution in [0.1, 0.15) is 50.8 Å². The van der Waals surface area contributed by atoms with E-state index in [2.05, 4.69) is 28.9 Å². The molecule has 1 aromatic rings. The fourth-order valence-electron chi connectivity index (χ4n) is 4.45. The Balaban J connectivity index is 1.80. The van der Waals surface area contributed by atoms with Crippen LogP contribution in [0.5, 0.6) is 11.5 Å². The van der Waals surface area contributed by atoms with Gasteiger partial charge >= 0.3 is 0 Å². The summed E-state index contributed by atoms with van der Waals surface area (Å²) in [5.41, 5.74) is 2.67. The monoisotopic (exact) mass is 360 g/mol. The zero-order valence-corrected chi connectivity index (χ0v) is 16.7. The van der Waals surface area contributed by atoms with Gasteiger partial charge in [-0.1, -0.05) is 13.8 Å². The summed E-state index contributed by atoms with van der Waals surface area (Å²) in [4.78, 5) is 17.1. The molecule has 0 saturated carbocycles. The fraction of sp³-hybridized carbons (Fsp3) is 0.667. The fourth-order valence-corrected chi connectivity index (χ4v) is 4.45. The van der Waals surface area contributed by atoms with Crippen LogP contribution in [-0.4, -0.2) is 55.6 Å². The van der Waals surface area contributed by atoms with Gasteiger partial charge in [0.15, 0.2) is 11.5 Å². The Hall–Kier alpha value is -1.75. The van der Waals surface area contributed by atoms with Gasteiger partial charge in [0.25, 0.3) is 0 Å². The molecule has 144 valence electrons. The first-order valence-corrected chi connectivity index (χ1v) is 9.75. The Bertz CT molecular complexity index is 659. The second-order valence-corrected chi connectivity index (χ2v) is 7.80. The van der Waals surface area contributed by atoms with Gasteiger partial charge in [-0.25, -0.2) is 0 Å². The highest BCUT2D eigenvalue weighted by Crippen LogP contribution is 2.39. The topological polar surface area (TPSA) is 42.0 Å². The maximum absolute atomic E-state index is 12.4. The van der Waals surface area contributed by atoms with Crippen molar-refractivity contribution in [3.8, 4) is 11.5 Å². The smallest absolute Gasteiger partial charge is 0.225 e. The van der Waals surface area contributed by atoms with E-state index in [1.807, 2.05) is 13.8 Å². The van der Waals surface area contributed by atoms with Crippen molar-refractivity contribution in [2.45, 2.75) is 52.1 Å². The van der Waals surface area contributed by atoms with Crippen molar-refractivity contribution in [2.75, 3.05) is 33.9 Å². The van der Waals surface area contributed by atoms with Crippen LogP contribution in [-0.2, 0) is 11.2 Å². The third kappa shape index (κ3) is 3.54. The lowest BCUT2D eigenvalue weighted by molar-refractivity contribution is -0.136. The number of methoxy groups -OCH3 is 2. The predicted molar refractivity (Wildman–Crippen MR) is 103 cm³/mol. The van der Waals surface area contributed by atoms with Crippen molar-refractivity contribution in [3.63, 3.8) is 0 Å². The van der Waals surface area contributed by atoms with Crippen LogP contribution in [0, 0.1) is 5.92 Å². The minimum absolute atomic E-state index is 0.0741. The maximum Gasteiger partial charge on any atom is 0.225 e. The van der Waals surface area contributed by atoms with Gasteiger partial charge in [-0.3, -0.25) is 9.69 Å². The highest BCUT2D eigenvalue weighted by molar-refractivity contribution is 5.78. The van der Waals surface area contributed by atoms with Crippen LogP contribution in [0.4, 0.5) is 0 Å². The third-order valence-electron chi connectivity index (χ3n) is 5.90. The first kappa shape index (κ1) is 19.0. The molecule has 3 rings (SSSR count). The molecular weight excluding hydrogens is 328 g/mol. The van der Waals surface area contributed by atoms with Crippen LogP contribution in [0.25, 0.3) is 0 Å². The number of hydrogen-bond acceptors (Lipinski definition) is 4. The van der Waals surface area contributed by atoms with Gasteiger partial charge in [0.05, 0.1) is 14.2 Å². The normalized spacial score (nSPS) is 23.7. The molecular formula is C21H32N2O3. The van der Waals surface area contributed by atoms with Crippen molar-refractivity contribution in [2.24, 2.45) is 5.92 Å². The van der Waals surface area contributed by atoms with E-state index in [4.69, 9.17) is 9.47 Å². The summed E-state index contributed by atoms with van der Waals surface area (Å²) in [5.74, 6) is 1.95. The molecule has 1 aromatic carbocycles. The van der Waals surface area contributed by atoms with Gasteiger partial charge in [-0.05, 0) is 49.4 Å². The SMILES string of the molecule is COc1cc2c(cc1OC)[C@@H](C)N([C@@H]1CCCN(C(=O)C(C)C)C1)CC2. The number of carbonyl (C=O) groups excluding carboxylic acids is 1. The van der Waals surface area contributed by atoms with Crippen LogP contribution in [0.3, 0.4) is 0 Å². The molecule has 2 aliphatic heterocycles. The van der Waals surface area contributed by atoms with E-state index in [0.29, 0.717) is 12.1 Å². The van der Waals surface area contributed by atoms with E-state index in [9.17, 15) is 4.79 Å². The minimum atomic E-state index is 0.0741. The molecule has 1 saturated heterocycles. The summed E-state index contributed by atoms with van der Waals surface area (Å²) in [6.45, 7) is 9.03. The summed E-state index contributed by atoms with van der Waals surface area (Å²) in [6, 6.07) is 5.00. The number of benzene rings is 1. The molecule has 0 spiro atoms. The number of piperidine rings is 1. The molecule has 26 heavy (non-hydrogen) atoms. The molecule has 0 radical (unpaired) electrons. The molecule has 0 aromatic heterocycles. The molecule has 2 aliphatic rings. The van der Waals surface area contributed by atoms with E-state index in [1.54, 1.807) is 14.2 Å². The number of amides is 1. The van der Waals surface area contributed by atoms with E-state index in [0.717, 1.165) is 50.4 Å². The van der Waals surface area contributed by atoms with Crippen molar-refractivity contribution < 1.29 is 14.3 Å². The van der Waals surface area contributed by atoms with Gasteiger partial charge < -0.3 is 14.4 Å². The predicted octanol–water partition coefficient (Wildman–Crippen LogP) is 3.27. The van der Waals surface area contributed by atoms with Gasteiger partial charge in [0.1, 0.15) is 0 Å². The number of carbonyl (C=O) groups is 1. The van der Waals surface area contributed by atoms with Gasteiger partial charge in [-0.2, -0.15) is 0 Å². The summed E-state index contributed by atoms with van der Waals surface area (Å²) in [7, 11) is 3.37. The molecule has 2 atom stereocenters. The summed E-state index contributed by atoms with van der Waals surface area (Å²) < 4.78 is 11.0. The molecule has 2 heterocycles. The Morgan fingerprint density at radius 3 is 2.50 bits per heavy atom. The van der Waals surface area contributed by atoms with E-state index in [1.165, 1.54) is 11.1 Å². The number of nitrogens with zero attached hydrogens (tertiary/aromatic N) is 2. The number of fused-ring (bicyclic) bond motifs is 1. The molecule has 5 nitrogen and oxygen atoms in total. The minimum Gasteiger partial charge on any atom is -0.493 e. The number of rotatable bonds is 4. The highest BCUT2D eigenvalue weighted by atomic mass is 16.5. The highest BCUT2D eigenvalue weighted by Gasteiger charge is 2.34. The number of ether oxygens (including phenoxy) is 2. The van der Waals surface area contributed by atoms with Crippen molar-refractivity contribution in [3.05, 3.63) is 23.3 Å². The largest absolute Gasteiger partial charge is 0.493 e. The second-order valence-electron chi connectivity index (χ2n) is 7.80. The van der Waals surface area contributed by atoms with Crippen molar-refractivity contribution >= 4 is 5.91 Å². The first-order valence-electron chi connectivity index (χ1n) is 9.75. The zero-order valence-electron chi connectivity index (χ0n) is 16.7. The van der Waals surface area contributed by atoms with Crippen LogP contribution < -0.4 is 9.47 Å². The summed E-state index contributed by atoms with van der Waals surface area (Å²) in [6.07, 6.45) is 3.26. The zero-order chi connectivity index (χ0) is 18.8. The molecule has 0 aliphatic carbocycles. The number of hydrogen-bond donors (Lipinski definition) is 0. The lowest BCUT2D eigenvalue weighted by Gasteiger charge is -2.45. The first-order chi connectivity index (χ1) is 12.5. The maximum atomic E-state index is 12.4. The van der Waals surface area contributed by atoms with Crippen LogP contribution in [0.15, 0.2) is 12.1 Å². The average Bonchev–Trinajstić information content (AvgIpc) is 2.66. The lowest BCUT2D eigenvalue weighted by atomic mass is 9.90. The average molecular weight is 360 g/mol. The molecule has 0 N–H and O–H groups in total. The van der Waals surface area contributed by atoms with Crippen molar-refractivity contribution in [1.29, 1.82) is 0 Å². The summed E-state index contributed by atoms with van der Waals surface area (Å²) >= 11 is 0. The van der Waals surface area contributed by atoms with E-state index in [-0.39, 0.29) is 11.8 Å². The Labute approximate surface area is 157 Å². The third-order valence-corrected chi connectivity index (χ3v) is 5.90. The van der Waals surface area contributed by atoms with Crippen molar-refractivity contribution in [1.82, 2.24) is 9.80 Å². The number of likely N-dealkylation sites (tertiary alicyclic amines) is 1. The van der Waals surface area contributed by atoms with E-state index < -0.39 is 0 Å². The Kier molecular flexibility index (Phi) is 5.76. The Morgan fingerprint density at radius 1 is 1.15 bits per heavy atom. The van der Waals surface area contributed by atoms with Gasteiger partial charge in [-0.15, -0.1) is 0 Å². The molecule has 1 fully saturated rings. The van der Waals surface area contributed by atoms with E-state index >= 15 is 0 Å². The summed E-state index contributed by atoms with van der Waals surface area (Å²) in [5, 5.41) is 0. The van der Waals surface area contributed by atoms with Gasteiger partial charge in [0, 0.05) is 37.6 Å². The molecule has 1 amide bonds. The van der Waals surface area contributed by atoms with Gasteiger partial charge in [0.2, 0.25) is 5.91 Å². The van der Waals surface area contributed by atoms with Crippen LogP contribution in [0.2, 0.25) is 0 Å². The van der Waals surface area contributed by atoms with Crippen LogP contribution >= 0.6 is 0 Å². The second kappa shape index (κ2) is 7.87. The Morgan fingerprint density at radius 2 is 1.85 bits per heavy atom. The molecule has 5 heteroatoms. The molecule has 0 unspecified atom stereocenters.